The van der Waals surface area contributed by atoms with Gasteiger partial charge in [0.1, 0.15) is 17.2 Å². The second-order valence-corrected chi connectivity index (χ2v) is 10.1. The molecular formula is C25H32N6O5. The Morgan fingerprint density at radius 3 is 2.58 bits per heavy atom. The highest BCUT2D eigenvalue weighted by Gasteiger charge is 2.62. The fourth-order valence-electron chi connectivity index (χ4n) is 4.40. The van der Waals surface area contributed by atoms with Gasteiger partial charge in [-0.15, -0.1) is 16.8 Å². The number of tetrazole rings is 1. The van der Waals surface area contributed by atoms with Crippen LogP contribution in [0.1, 0.15) is 46.6 Å². The molecule has 4 rings (SSSR count). The summed E-state index contributed by atoms with van der Waals surface area (Å²) in [4.78, 5) is 42.0. The Hall–Kier alpha value is -3.76. The minimum Gasteiger partial charge on any atom is -0.464 e. The van der Waals surface area contributed by atoms with E-state index in [-0.39, 0.29) is 25.5 Å². The zero-order valence-corrected chi connectivity index (χ0v) is 21.0. The van der Waals surface area contributed by atoms with Crippen molar-refractivity contribution < 1.29 is 23.9 Å². The first-order valence-electron chi connectivity index (χ1n) is 12.0. The molecule has 2 aliphatic rings. The van der Waals surface area contributed by atoms with Crippen molar-refractivity contribution in [1.82, 2.24) is 30.4 Å². The molecule has 2 amide bonds. The van der Waals surface area contributed by atoms with Gasteiger partial charge in [0.2, 0.25) is 11.7 Å². The maximum Gasteiger partial charge on any atom is 0.411 e. The predicted molar refractivity (Wildman–Crippen MR) is 129 cm³/mol. The summed E-state index contributed by atoms with van der Waals surface area (Å²) in [6.07, 6.45) is 1.63. The zero-order valence-electron chi connectivity index (χ0n) is 21.0. The summed E-state index contributed by atoms with van der Waals surface area (Å²) in [5, 5.41) is 15.6. The van der Waals surface area contributed by atoms with Crippen LogP contribution < -0.4 is 5.32 Å². The quantitative estimate of drug-likeness (QED) is 0.457. The first-order valence-corrected chi connectivity index (χ1v) is 12.0. The van der Waals surface area contributed by atoms with Crippen molar-refractivity contribution in [1.29, 1.82) is 0 Å². The molecule has 1 aromatic carbocycles. The third-order valence-electron chi connectivity index (χ3n) is 6.28. The van der Waals surface area contributed by atoms with Gasteiger partial charge in [-0.2, -0.15) is 4.80 Å². The van der Waals surface area contributed by atoms with Crippen LogP contribution in [0.4, 0.5) is 4.79 Å². The molecule has 36 heavy (non-hydrogen) atoms. The minimum absolute atomic E-state index is 0.148. The molecule has 0 spiro atoms. The van der Waals surface area contributed by atoms with E-state index < -0.39 is 41.2 Å². The number of benzene rings is 1. The number of ether oxygens (including phenoxy) is 2. The van der Waals surface area contributed by atoms with E-state index in [2.05, 4.69) is 27.3 Å². The number of esters is 1. The molecule has 1 saturated carbocycles. The Labute approximate surface area is 209 Å². The van der Waals surface area contributed by atoms with Crippen LogP contribution in [0.3, 0.4) is 0 Å². The second-order valence-electron chi connectivity index (χ2n) is 10.1. The van der Waals surface area contributed by atoms with Gasteiger partial charge in [-0.1, -0.05) is 36.4 Å². The van der Waals surface area contributed by atoms with Crippen LogP contribution in [0.5, 0.6) is 0 Å². The lowest BCUT2D eigenvalue weighted by molar-refractivity contribution is -0.149. The van der Waals surface area contributed by atoms with Gasteiger partial charge < -0.3 is 14.8 Å². The SMILES string of the molecule is C=CC1CC1(NC(=O)[C@@H]1C[C@@H](n2nnc(-c3ccccc3)n2)CN1C(=O)OC(C)(C)C)C(=O)OCC. The molecule has 0 radical (unpaired) electrons. The van der Waals surface area contributed by atoms with E-state index in [1.807, 2.05) is 30.3 Å². The molecule has 1 aromatic heterocycles. The Balaban J connectivity index is 1.57. The van der Waals surface area contributed by atoms with E-state index in [0.29, 0.717) is 12.2 Å². The third kappa shape index (κ3) is 5.09. The normalized spacial score (nSPS) is 25.2. The molecule has 11 heteroatoms. The maximum absolute atomic E-state index is 13.5. The van der Waals surface area contributed by atoms with Gasteiger partial charge in [0, 0.05) is 24.4 Å². The number of hydrogen-bond acceptors (Lipinski definition) is 8. The number of carbonyl (C=O) groups excluding carboxylic acids is 3. The molecule has 192 valence electrons. The van der Waals surface area contributed by atoms with E-state index in [1.54, 1.807) is 33.8 Å². The largest absolute Gasteiger partial charge is 0.464 e. The summed E-state index contributed by atoms with van der Waals surface area (Å²) in [6, 6.07) is 8.10. The van der Waals surface area contributed by atoms with Gasteiger partial charge in [-0.3, -0.25) is 9.69 Å². The molecule has 0 bridgehead atoms. The summed E-state index contributed by atoms with van der Waals surface area (Å²) >= 11 is 0. The summed E-state index contributed by atoms with van der Waals surface area (Å²) in [6.45, 7) is 11.1. The Morgan fingerprint density at radius 1 is 1.25 bits per heavy atom. The molecule has 2 unspecified atom stereocenters. The number of aromatic nitrogens is 4. The molecule has 2 fully saturated rings. The molecular weight excluding hydrogens is 464 g/mol. The lowest BCUT2D eigenvalue weighted by atomic mass is 10.1. The fourth-order valence-corrected chi connectivity index (χ4v) is 4.40. The Bertz CT molecular complexity index is 1140. The monoisotopic (exact) mass is 496 g/mol. The number of hydrogen-bond donors (Lipinski definition) is 1. The van der Waals surface area contributed by atoms with Crippen molar-refractivity contribution >= 4 is 18.0 Å². The highest BCUT2D eigenvalue weighted by molar-refractivity contribution is 5.95. The first-order chi connectivity index (χ1) is 17.1. The van der Waals surface area contributed by atoms with Crippen molar-refractivity contribution in [2.45, 2.75) is 63.8 Å². The average Bonchev–Trinajstić information content (AvgIpc) is 3.16. The van der Waals surface area contributed by atoms with Gasteiger partial charge >= 0.3 is 12.1 Å². The molecule has 2 aromatic rings. The molecule has 1 N–H and O–H groups in total. The zero-order chi connectivity index (χ0) is 26.1. The van der Waals surface area contributed by atoms with Gasteiger partial charge in [-0.05, 0) is 39.3 Å². The lowest BCUT2D eigenvalue weighted by Crippen LogP contribution is -2.53. The van der Waals surface area contributed by atoms with Gasteiger partial charge in [0.05, 0.1) is 12.6 Å². The van der Waals surface area contributed by atoms with Crippen molar-refractivity contribution in [3.63, 3.8) is 0 Å². The number of likely N-dealkylation sites (tertiary alicyclic amines) is 1. The summed E-state index contributed by atoms with van der Waals surface area (Å²) < 4.78 is 10.8. The molecule has 4 atom stereocenters. The van der Waals surface area contributed by atoms with Crippen molar-refractivity contribution in [3.05, 3.63) is 43.0 Å². The van der Waals surface area contributed by atoms with Crippen molar-refractivity contribution in [3.8, 4) is 11.4 Å². The van der Waals surface area contributed by atoms with E-state index in [9.17, 15) is 14.4 Å². The number of rotatable bonds is 7. The van der Waals surface area contributed by atoms with Crippen LogP contribution >= 0.6 is 0 Å². The Kier molecular flexibility index (Phi) is 6.83. The molecule has 11 nitrogen and oxygen atoms in total. The first kappa shape index (κ1) is 25.3. The average molecular weight is 497 g/mol. The third-order valence-corrected chi connectivity index (χ3v) is 6.28. The van der Waals surface area contributed by atoms with Crippen molar-refractivity contribution in [2.75, 3.05) is 13.2 Å². The summed E-state index contributed by atoms with van der Waals surface area (Å²) in [5.74, 6) is -0.769. The number of nitrogens with one attached hydrogen (secondary N) is 1. The summed E-state index contributed by atoms with van der Waals surface area (Å²) in [7, 11) is 0. The number of carbonyl (C=O) groups is 3. The van der Waals surface area contributed by atoms with Gasteiger partial charge in [-0.25, -0.2) is 9.59 Å². The second kappa shape index (κ2) is 9.71. The smallest absolute Gasteiger partial charge is 0.411 e. The highest BCUT2D eigenvalue weighted by Crippen LogP contribution is 2.46. The highest BCUT2D eigenvalue weighted by atomic mass is 16.6. The van der Waals surface area contributed by atoms with E-state index in [1.165, 1.54) is 9.70 Å². The summed E-state index contributed by atoms with van der Waals surface area (Å²) in [5.41, 5.74) is -1.11. The fraction of sp³-hybridized carbons (Fsp3) is 0.520. The van der Waals surface area contributed by atoms with Crippen LogP contribution in [-0.4, -0.2) is 73.4 Å². The predicted octanol–water partition coefficient (Wildman–Crippen LogP) is 2.51. The molecule has 1 saturated heterocycles. The maximum atomic E-state index is 13.5. The number of amides is 2. The van der Waals surface area contributed by atoms with E-state index in [4.69, 9.17) is 9.47 Å². The van der Waals surface area contributed by atoms with Crippen LogP contribution in [0.2, 0.25) is 0 Å². The standard InChI is InChI=1S/C25H32N6O5/c1-6-17-14-25(17,22(33)35-7-2)26-21(32)19-13-18(15-30(19)23(34)36-24(3,4)5)31-28-20(27-29-31)16-11-9-8-10-12-16/h6,8-12,17-19H,1,7,13-15H2,2-5H3,(H,26,32)/t17?,18-,19+,25?/m1/s1. The lowest BCUT2D eigenvalue weighted by Gasteiger charge is -2.29. The van der Waals surface area contributed by atoms with Crippen LogP contribution in [-0.2, 0) is 19.1 Å². The topological polar surface area (TPSA) is 129 Å². The molecule has 1 aliphatic heterocycles. The molecule has 2 heterocycles. The van der Waals surface area contributed by atoms with E-state index >= 15 is 0 Å². The van der Waals surface area contributed by atoms with Crippen LogP contribution in [0.25, 0.3) is 11.4 Å². The van der Waals surface area contributed by atoms with E-state index in [0.717, 1.165) is 5.56 Å². The molecule has 1 aliphatic carbocycles. The van der Waals surface area contributed by atoms with Gasteiger partial charge in [0.25, 0.3) is 0 Å². The van der Waals surface area contributed by atoms with Crippen LogP contribution in [0.15, 0.2) is 43.0 Å². The number of nitrogens with zero attached hydrogens (tertiary/aromatic N) is 5. The van der Waals surface area contributed by atoms with Crippen molar-refractivity contribution in [2.24, 2.45) is 5.92 Å². The van der Waals surface area contributed by atoms with Gasteiger partial charge in [0.15, 0.2) is 0 Å². The minimum atomic E-state index is -1.17. The Morgan fingerprint density at radius 2 is 1.97 bits per heavy atom. The van der Waals surface area contributed by atoms with Crippen LogP contribution in [0, 0.1) is 5.92 Å².